The van der Waals surface area contributed by atoms with Crippen molar-refractivity contribution in [3.63, 3.8) is 0 Å². The Balaban J connectivity index is 3.78. The van der Waals surface area contributed by atoms with Gasteiger partial charge in [-0.25, -0.2) is 8.42 Å². The third-order valence-corrected chi connectivity index (χ3v) is 10.5. The minimum atomic E-state index is -3.94. The van der Waals surface area contributed by atoms with Gasteiger partial charge in [0.25, 0.3) is 7.37 Å². The van der Waals surface area contributed by atoms with Crippen LogP contribution in [0.5, 0.6) is 0 Å². The molecule has 0 bridgehead atoms. The highest BCUT2D eigenvalue weighted by atomic mass is 79.9. The molecule has 10 heteroatoms. The van der Waals surface area contributed by atoms with E-state index in [1.165, 1.54) is 0 Å². The Kier molecular flexibility index (Phi) is 9.55. The standard InChI is InChI=1S/C19H33BrNO6PS/c1-8-25-17(26-9-2)28(22,27-10-3)19(7,15-11-13-16(20)14-12-15)21-29(23,24)18(4,5)6/h11-14,17,21H,8-10H2,1-7H3/t19-,28?/m1/s1. The van der Waals surface area contributed by atoms with Crippen molar-refractivity contribution in [1.82, 2.24) is 4.72 Å². The average molecular weight is 514 g/mol. The zero-order valence-electron chi connectivity index (χ0n) is 18.2. The predicted molar refractivity (Wildman–Crippen MR) is 120 cm³/mol. The van der Waals surface area contributed by atoms with Crippen LogP contribution in [0.3, 0.4) is 0 Å². The van der Waals surface area contributed by atoms with Crippen LogP contribution in [0.1, 0.15) is 54.0 Å². The first kappa shape index (κ1) is 26.8. The summed E-state index contributed by atoms with van der Waals surface area (Å²) in [6.07, 6.45) is 0. The molecule has 29 heavy (non-hydrogen) atoms. The lowest BCUT2D eigenvalue weighted by molar-refractivity contribution is -0.0912. The normalized spacial score (nSPS) is 17.1. The van der Waals surface area contributed by atoms with Crippen LogP contribution in [0.15, 0.2) is 28.7 Å². The molecule has 1 N–H and O–H groups in total. The molecular weight excluding hydrogens is 481 g/mol. The quantitative estimate of drug-likeness (QED) is 0.330. The van der Waals surface area contributed by atoms with E-state index in [1.54, 1.807) is 72.7 Å². The van der Waals surface area contributed by atoms with Crippen LogP contribution in [0.25, 0.3) is 0 Å². The largest absolute Gasteiger partial charge is 0.345 e. The molecule has 168 valence electrons. The van der Waals surface area contributed by atoms with Crippen LogP contribution in [0, 0.1) is 0 Å². The van der Waals surface area contributed by atoms with E-state index in [0.717, 1.165) is 4.47 Å². The summed E-state index contributed by atoms with van der Waals surface area (Å²) in [6.45, 7) is 12.0. The summed E-state index contributed by atoms with van der Waals surface area (Å²) in [4.78, 5) is 0. The molecule has 1 aromatic carbocycles. The third-order valence-electron chi connectivity index (χ3n) is 4.39. The van der Waals surface area contributed by atoms with Gasteiger partial charge in [-0.2, -0.15) is 4.72 Å². The molecule has 1 unspecified atom stereocenters. The zero-order chi connectivity index (χ0) is 22.5. The average Bonchev–Trinajstić information content (AvgIpc) is 2.60. The lowest BCUT2D eigenvalue weighted by Gasteiger charge is -2.42. The van der Waals surface area contributed by atoms with Crippen LogP contribution >= 0.6 is 23.3 Å². The molecule has 0 spiro atoms. The number of benzene rings is 1. The first-order chi connectivity index (χ1) is 13.3. The molecular formula is C19H33BrNO6PS. The van der Waals surface area contributed by atoms with Gasteiger partial charge in [0.15, 0.2) is 0 Å². The van der Waals surface area contributed by atoms with Crippen molar-refractivity contribution in [2.75, 3.05) is 19.8 Å². The van der Waals surface area contributed by atoms with Gasteiger partial charge in [0.2, 0.25) is 16.1 Å². The second-order valence-electron chi connectivity index (χ2n) is 7.53. The zero-order valence-corrected chi connectivity index (χ0v) is 21.5. The van der Waals surface area contributed by atoms with Gasteiger partial charge < -0.3 is 14.0 Å². The molecule has 0 saturated heterocycles. The molecule has 0 heterocycles. The van der Waals surface area contributed by atoms with Gasteiger partial charge >= 0.3 is 0 Å². The maximum absolute atomic E-state index is 14.4. The predicted octanol–water partition coefficient (Wildman–Crippen LogP) is 5.01. The Labute approximate surface area is 183 Å². The van der Waals surface area contributed by atoms with Crippen LogP contribution in [0.2, 0.25) is 0 Å². The minimum absolute atomic E-state index is 0.0945. The van der Waals surface area contributed by atoms with E-state index in [0.29, 0.717) is 5.56 Å². The molecule has 0 amide bonds. The molecule has 1 rings (SSSR count). The Morgan fingerprint density at radius 2 is 1.48 bits per heavy atom. The summed E-state index contributed by atoms with van der Waals surface area (Å²) in [5, 5.41) is -1.62. The molecule has 0 saturated carbocycles. The Bertz CT molecular complexity index is 803. The topological polar surface area (TPSA) is 90.9 Å². The first-order valence-electron chi connectivity index (χ1n) is 9.56. The van der Waals surface area contributed by atoms with Crippen molar-refractivity contribution in [1.29, 1.82) is 0 Å². The molecule has 2 atom stereocenters. The third kappa shape index (κ3) is 5.91. The highest BCUT2D eigenvalue weighted by molar-refractivity contribution is 9.10. The number of rotatable bonds is 11. The van der Waals surface area contributed by atoms with E-state index in [9.17, 15) is 13.0 Å². The summed E-state index contributed by atoms with van der Waals surface area (Å²) < 4.78 is 60.0. The van der Waals surface area contributed by atoms with Crippen molar-refractivity contribution in [2.45, 2.75) is 64.5 Å². The number of hydrogen-bond donors (Lipinski definition) is 1. The first-order valence-corrected chi connectivity index (χ1v) is 13.5. The van der Waals surface area contributed by atoms with Crippen LogP contribution in [-0.2, 0) is 33.9 Å². The SMILES string of the molecule is CCOC(OCC)P(=O)(OCC)[C@@](C)(NS(=O)(=O)C(C)(C)C)c1ccc(Br)cc1. The molecule has 7 nitrogen and oxygen atoms in total. The van der Waals surface area contributed by atoms with Crippen molar-refractivity contribution < 1.29 is 27.0 Å². The molecule has 0 aliphatic rings. The van der Waals surface area contributed by atoms with Crippen molar-refractivity contribution in [3.8, 4) is 0 Å². The summed E-state index contributed by atoms with van der Waals surface area (Å²) in [5.41, 5.74) is 0.481. The number of sulfonamides is 1. The molecule has 0 aromatic heterocycles. The maximum Gasteiger partial charge on any atom is 0.282 e. The fourth-order valence-electron chi connectivity index (χ4n) is 2.61. The molecule has 0 fully saturated rings. The van der Waals surface area contributed by atoms with Gasteiger partial charge in [0, 0.05) is 17.7 Å². The second kappa shape index (κ2) is 10.4. The Morgan fingerprint density at radius 1 is 1.00 bits per heavy atom. The highest BCUT2D eigenvalue weighted by Gasteiger charge is 2.56. The fourth-order valence-corrected chi connectivity index (χ4v) is 7.08. The van der Waals surface area contributed by atoms with E-state index in [-0.39, 0.29) is 19.8 Å². The van der Waals surface area contributed by atoms with E-state index in [2.05, 4.69) is 20.7 Å². The van der Waals surface area contributed by atoms with E-state index < -0.39 is 33.5 Å². The summed E-state index contributed by atoms with van der Waals surface area (Å²) >= 11 is 3.38. The van der Waals surface area contributed by atoms with Gasteiger partial charge in [-0.05, 0) is 66.2 Å². The smallest absolute Gasteiger partial charge is 0.282 e. The van der Waals surface area contributed by atoms with Gasteiger partial charge in [-0.15, -0.1) is 0 Å². The van der Waals surface area contributed by atoms with Gasteiger partial charge in [-0.1, -0.05) is 28.1 Å². The lowest BCUT2D eigenvalue weighted by atomic mass is 10.1. The number of nitrogens with one attached hydrogen (secondary N) is 1. The maximum atomic E-state index is 14.4. The second-order valence-corrected chi connectivity index (χ2v) is 13.6. The van der Waals surface area contributed by atoms with E-state index in [1.807, 2.05) is 0 Å². The fraction of sp³-hybridized carbons (Fsp3) is 0.684. The highest BCUT2D eigenvalue weighted by Crippen LogP contribution is 2.66. The van der Waals surface area contributed by atoms with E-state index in [4.69, 9.17) is 14.0 Å². The lowest BCUT2D eigenvalue weighted by Crippen LogP contribution is -2.51. The van der Waals surface area contributed by atoms with Crippen molar-refractivity contribution in [2.24, 2.45) is 0 Å². The Morgan fingerprint density at radius 3 is 1.86 bits per heavy atom. The van der Waals surface area contributed by atoms with Gasteiger partial charge in [0.05, 0.1) is 11.4 Å². The van der Waals surface area contributed by atoms with Crippen LogP contribution in [0.4, 0.5) is 0 Å². The number of halogens is 1. The summed E-state index contributed by atoms with van der Waals surface area (Å²) in [6, 6.07) is 5.69. The monoisotopic (exact) mass is 513 g/mol. The molecule has 0 radical (unpaired) electrons. The number of ether oxygens (including phenoxy) is 2. The molecule has 0 aliphatic heterocycles. The summed E-state index contributed by atoms with van der Waals surface area (Å²) in [7, 11) is -7.84. The van der Waals surface area contributed by atoms with Crippen LogP contribution < -0.4 is 4.72 Å². The molecule has 1 aromatic rings. The number of hydrogen-bond acceptors (Lipinski definition) is 6. The van der Waals surface area contributed by atoms with Crippen LogP contribution in [-0.4, -0.2) is 39.0 Å². The Hall–Kier alpha value is -0.280. The van der Waals surface area contributed by atoms with Gasteiger partial charge in [-0.3, -0.25) is 4.57 Å². The molecule has 0 aliphatic carbocycles. The van der Waals surface area contributed by atoms with Crippen molar-refractivity contribution in [3.05, 3.63) is 34.3 Å². The minimum Gasteiger partial charge on any atom is -0.345 e. The van der Waals surface area contributed by atoms with Gasteiger partial charge in [0.1, 0.15) is 5.28 Å². The van der Waals surface area contributed by atoms with Crippen molar-refractivity contribution >= 4 is 33.3 Å². The summed E-state index contributed by atoms with van der Waals surface area (Å²) in [5.74, 6) is 0. The van der Waals surface area contributed by atoms with E-state index >= 15 is 0 Å².